The maximum Gasteiger partial charge on any atom is 0.104 e. The lowest BCUT2D eigenvalue weighted by Crippen LogP contribution is -2.28. The minimum absolute atomic E-state index is 0.113. The van der Waals surface area contributed by atoms with Gasteiger partial charge in [0, 0.05) is 19.0 Å². The molecule has 11 heavy (non-hydrogen) atoms. The molecule has 0 aromatic heterocycles. The lowest BCUT2D eigenvalue weighted by Gasteiger charge is -2.05. The van der Waals surface area contributed by atoms with Crippen molar-refractivity contribution in [1.29, 1.82) is 5.26 Å². The summed E-state index contributed by atoms with van der Waals surface area (Å²) < 4.78 is 21.2. The van der Waals surface area contributed by atoms with E-state index in [0.717, 1.165) is 0 Å². The summed E-state index contributed by atoms with van der Waals surface area (Å²) in [6.07, 6.45) is 0.449. The molecular formula is C7H14F2N2. The highest BCUT2D eigenvalue weighted by molar-refractivity contribution is 4.71. The van der Waals surface area contributed by atoms with Crippen LogP contribution in [0.1, 0.15) is 13.3 Å². The second-order valence-electron chi connectivity index (χ2n) is 1.92. The molecule has 0 rings (SSSR count). The first-order valence-corrected chi connectivity index (χ1v) is 3.35. The van der Waals surface area contributed by atoms with Crippen molar-refractivity contribution in [2.75, 3.05) is 20.4 Å². The molecule has 1 atom stereocenters. The molecule has 0 aliphatic carbocycles. The van der Waals surface area contributed by atoms with Crippen molar-refractivity contribution in [2.24, 2.45) is 0 Å². The van der Waals surface area contributed by atoms with Crippen molar-refractivity contribution in [3.63, 3.8) is 0 Å². The number of nitrogens with zero attached hydrogens (tertiary/aromatic N) is 1. The minimum atomic E-state index is -0.370. The molecule has 0 fully saturated rings. The average Bonchev–Trinajstić information content (AvgIpc) is 2.08. The molecule has 0 aromatic rings. The maximum absolute atomic E-state index is 11.7. The van der Waals surface area contributed by atoms with Crippen LogP contribution in [0.25, 0.3) is 0 Å². The molecule has 2 nitrogen and oxygen atoms in total. The first kappa shape index (κ1) is 12.9. The maximum atomic E-state index is 11.7. The van der Waals surface area contributed by atoms with Gasteiger partial charge in [-0.2, -0.15) is 5.26 Å². The number of hydrogen-bond donors (Lipinski definition) is 1. The molecule has 0 saturated heterocycles. The normalized spacial score (nSPS) is 10.8. The molecule has 0 amide bonds. The van der Waals surface area contributed by atoms with Gasteiger partial charge in [-0.3, -0.25) is 4.39 Å². The third kappa shape index (κ3) is 12.5. The van der Waals surface area contributed by atoms with Crippen LogP contribution in [-0.4, -0.2) is 26.4 Å². The lowest BCUT2D eigenvalue weighted by molar-refractivity contribution is 0.395. The van der Waals surface area contributed by atoms with Crippen LogP contribution in [-0.2, 0) is 0 Å². The standard InChI is InChI=1S/C6H11FN2.CH3F/c1-6(5-7)9-4-2-3-8;1-2/h6,9H,2,4-5H2,1H3;1H3. The summed E-state index contributed by atoms with van der Waals surface area (Å²) in [5.41, 5.74) is 0. The first-order chi connectivity index (χ1) is 5.31. The molecule has 0 aromatic carbocycles. The summed E-state index contributed by atoms with van der Waals surface area (Å²) >= 11 is 0. The van der Waals surface area contributed by atoms with E-state index in [4.69, 9.17) is 5.26 Å². The largest absolute Gasteiger partial charge is 0.311 e. The number of nitrogens with one attached hydrogen (secondary N) is 1. The second-order valence-corrected chi connectivity index (χ2v) is 1.92. The molecule has 0 aliphatic heterocycles. The van der Waals surface area contributed by atoms with Crippen LogP contribution in [0.5, 0.6) is 0 Å². The average molecular weight is 164 g/mol. The molecule has 0 radical (unpaired) electrons. The Kier molecular flexibility index (Phi) is 14.2. The Bertz CT molecular complexity index is 101. The highest BCUT2D eigenvalue weighted by Crippen LogP contribution is 1.81. The smallest absolute Gasteiger partial charge is 0.104 e. The fraction of sp³-hybridized carbons (Fsp3) is 0.857. The SMILES string of the molecule is CC(CF)NCCC#N.CF. The molecule has 1 unspecified atom stereocenters. The zero-order valence-electron chi connectivity index (χ0n) is 6.90. The summed E-state index contributed by atoms with van der Waals surface area (Å²) in [6, 6.07) is 1.85. The summed E-state index contributed by atoms with van der Waals surface area (Å²) in [5.74, 6) is 0. The van der Waals surface area contributed by atoms with Crippen LogP contribution in [0, 0.1) is 11.3 Å². The first-order valence-electron chi connectivity index (χ1n) is 3.35. The Labute approximate surface area is 66.2 Å². The van der Waals surface area contributed by atoms with Crippen molar-refractivity contribution in [1.82, 2.24) is 5.32 Å². The van der Waals surface area contributed by atoms with Gasteiger partial charge in [0.25, 0.3) is 0 Å². The fourth-order valence-corrected chi connectivity index (χ4v) is 0.429. The zero-order chi connectivity index (χ0) is 9.11. The van der Waals surface area contributed by atoms with E-state index in [1.165, 1.54) is 0 Å². The van der Waals surface area contributed by atoms with Crippen LogP contribution >= 0.6 is 0 Å². The van der Waals surface area contributed by atoms with Gasteiger partial charge in [-0.05, 0) is 6.92 Å². The number of hydrogen-bond acceptors (Lipinski definition) is 2. The topological polar surface area (TPSA) is 35.8 Å². The van der Waals surface area contributed by atoms with Crippen molar-refractivity contribution >= 4 is 0 Å². The number of halogens is 2. The van der Waals surface area contributed by atoms with E-state index in [1.54, 1.807) is 6.92 Å². The predicted molar refractivity (Wildman–Crippen MR) is 40.7 cm³/mol. The van der Waals surface area contributed by atoms with Gasteiger partial charge in [-0.25, -0.2) is 4.39 Å². The third-order valence-electron chi connectivity index (χ3n) is 0.961. The highest BCUT2D eigenvalue weighted by atomic mass is 19.1. The van der Waals surface area contributed by atoms with Gasteiger partial charge >= 0.3 is 0 Å². The Morgan fingerprint density at radius 2 is 2.09 bits per heavy atom. The van der Waals surface area contributed by atoms with E-state index < -0.39 is 0 Å². The monoisotopic (exact) mass is 164 g/mol. The number of nitriles is 1. The number of alkyl halides is 2. The molecule has 1 N–H and O–H groups in total. The Morgan fingerprint density at radius 1 is 1.55 bits per heavy atom. The van der Waals surface area contributed by atoms with Crippen LogP contribution in [0.4, 0.5) is 8.78 Å². The summed E-state index contributed by atoms with van der Waals surface area (Å²) in [4.78, 5) is 0. The van der Waals surface area contributed by atoms with E-state index >= 15 is 0 Å². The second kappa shape index (κ2) is 12.0. The summed E-state index contributed by atoms with van der Waals surface area (Å²) in [6.45, 7) is 1.96. The van der Waals surface area contributed by atoms with Gasteiger partial charge in [0.15, 0.2) is 0 Å². The van der Waals surface area contributed by atoms with E-state index in [0.29, 0.717) is 20.1 Å². The van der Waals surface area contributed by atoms with Crippen molar-refractivity contribution in [3.05, 3.63) is 0 Å². The van der Waals surface area contributed by atoms with Gasteiger partial charge in [0.2, 0.25) is 0 Å². The quantitative estimate of drug-likeness (QED) is 0.638. The Balaban J connectivity index is 0. The van der Waals surface area contributed by atoms with E-state index in [2.05, 4.69) is 5.32 Å². The molecular weight excluding hydrogens is 150 g/mol. The van der Waals surface area contributed by atoms with Gasteiger partial charge in [-0.15, -0.1) is 0 Å². The van der Waals surface area contributed by atoms with Crippen molar-refractivity contribution in [3.8, 4) is 6.07 Å². The molecule has 0 heterocycles. The van der Waals surface area contributed by atoms with Crippen LogP contribution in [0.15, 0.2) is 0 Å². The van der Waals surface area contributed by atoms with Gasteiger partial charge in [0.1, 0.15) is 6.67 Å². The molecule has 0 saturated carbocycles. The molecule has 0 bridgehead atoms. The van der Waals surface area contributed by atoms with Crippen LogP contribution in [0.3, 0.4) is 0 Å². The van der Waals surface area contributed by atoms with Crippen LogP contribution < -0.4 is 5.32 Å². The fourth-order valence-electron chi connectivity index (χ4n) is 0.429. The minimum Gasteiger partial charge on any atom is -0.311 e. The number of rotatable bonds is 4. The summed E-state index contributed by atoms with van der Waals surface area (Å²) in [7, 11) is 0.500. The summed E-state index contributed by atoms with van der Waals surface area (Å²) in [5, 5.41) is 10.9. The van der Waals surface area contributed by atoms with Crippen molar-refractivity contribution < 1.29 is 8.78 Å². The predicted octanol–water partition coefficient (Wildman–Crippen LogP) is 1.43. The van der Waals surface area contributed by atoms with Gasteiger partial charge in [0.05, 0.1) is 13.2 Å². The molecule has 4 heteroatoms. The Hall–Kier alpha value is -0.690. The van der Waals surface area contributed by atoms with E-state index in [-0.39, 0.29) is 12.7 Å². The van der Waals surface area contributed by atoms with Crippen molar-refractivity contribution in [2.45, 2.75) is 19.4 Å². The lowest BCUT2D eigenvalue weighted by atomic mass is 10.3. The Morgan fingerprint density at radius 3 is 2.45 bits per heavy atom. The third-order valence-corrected chi connectivity index (χ3v) is 0.961. The molecule has 66 valence electrons. The van der Waals surface area contributed by atoms with E-state index in [9.17, 15) is 8.78 Å². The van der Waals surface area contributed by atoms with Crippen LogP contribution in [0.2, 0.25) is 0 Å². The highest BCUT2D eigenvalue weighted by Gasteiger charge is 1.96. The van der Waals surface area contributed by atoms with E-state index in [1.807, 2.05) is 6.07 Å². The van der Waals surface area contributed by atoms with Gasteiger partial charge in [-0.1, -0.05) is 0 Å². The zero-order valence-corrected chi connectivity index (χ0v) is 6.90. The molecule has 0 spiro atoms. The van der Waals surface area contributed by atoms with Gasteiger partial charge < -0.3 is 5.32 Å². The molecule has 0 aliphatic rings.